The molecule has 0 heterocycles. The molecule has 24 heavy (non-hydrogen) atoms. The summed E-state index contributed by atoms with van der Waals surface area (Å²) in [4.78, 5) is 0. The lowest BCUT2D eigenvalue weighted by Crippen LogP contribution is -2.84. The maximum absolute atomic E-state index is 2.48. The van der Waals surface area contributed by atoms with Crippen LogP contribution in [0.1, 0.15) is 71.1 Å². The molecule has 0 aromatic carbocycles. The molecule has 0 radical (unpaired) electrons. The van der Waals surface area contributed by atoms with Crippen molar-refractivity contribution in [1.29, 1.82) is 0 Å². The maximum atomic E-state index is 2.48. The monoisotopic (exact) mass is 322 g/mol. The molecule has 0 nitrogen and oxygen atoms in total. The van der Waals surface area contributed by atoms with Crippen molar-refractivity contribution >= 4 is 0 Å². The van der Waals surface area contributed by atoms with Crippen LogP contribution in [0.15, 0.2) is 0 Å². The van der Waals surface area contributed by atoms with E-state index in [4.69, 9.17) is 0 Å². The predicted molar refractivity (Wildman–Crippen MR) is 95.1 cm³/mol. The minimum atomic E-state index is 0.898. The van der Waals surface area contributed by atoms with E-state index < -0.39 is 0 Å². The fraction of sp³-hybridized carbons (Fsp3) is 1.00. The third-order valence-electron chi connectivity index (χ3n) is 12.5. The zero-order chi connectivity index (χ0) is 15.4. The van der Waals surface area contributed by atoms with E-state index in [1.54, 1.807) is 57.8 Å². The molecule has 0 saturated heterocycles. The van der Waals surface area contributed by atoms with Gasteiger partial charge in [-0.25, -0.2) is 0 Å². The molecule has 130 valence electrons. The van der Waals surface area contributed by atoms with Crippen LogP contribution in [0.25, 0.3) is 0 Å². The molecule has 0 aliphatic heterocycles. The molecule has 0 aromatic rings. The van der Waals surface area contributed by atoms with Gasteiger partial charge in [0.25, 0.3) is 0 Å². The van der Waals surface area contributed by atoms with Gasteiger partial charge < -0.3 is 0 Å². The van der Waals surface area contributed by atoms with Gasteiger partial charge in [0.15, 0.2) is 0 Å². The highest BCUT2D eigenvalue weighted by Crippen LogP contribution is 2.91. The van der Waals surface area contributed by atoms with Crippen LogP contribution in [0.3, 0.4) is 0 Å². The topological polar surface area (TPSA) is 0 Å². The van der Waals surface area contributed by atoms with Crippen LogP contribution in [0, 0.1) is 75.9 Å². The lowest BCUT2D eigenvalue weighted by Gasteiger charge is -2.90. The fourth-order valence-electron chi connectivity index (χ4n) is 13.2. The molecule has 2 spiro atoms. The van der Waals surface area contributed by atoms with Crippen molar-refractivity contribution in [1.82, 2.24) is 0 Å². The Labute approximate surface area is 147 Å². The Morgan fingerprint density at radius 2 is 1.42 bits per heavy atom. The largest absolute Gasteiger partial charge is 0.0654 e. The zero-order valence-electron chi connectivity index (χ0n) is 15.4. The number of hydrogen-bond donors (Lipinski definition) is 0. The van der Waals surface area contributed by atoms with Gasteiger partial charge in [0.2, 0.25) is 0 Å². The molecule has 11 saturated carbocycles. The number of hydrogen-bond acceptors (Lipinski definition) is 0. The summed E-state index contributed by atoms with van der Waals surface area (Å²) in [7, 11) is 0. The van der Waals surface area contributed by atoms with Crippen molar-refractivity contribution < 1.29 is 0 Å². The molecule has 11 rings (SSSR count). The summed E-state index contributed by atoms with van der Waals surface area (Å²) in [5.41, 5.74) is 1.81. The smallest absolute Gasteiger partial charge is 0.0168 e. The van der Waals surface area contributed by atoms with Gasteiger partial charge in [0, 0.05) is 0 Å². The van der Waals surface area contributed by atoms with Gasteiger partial charge >= 0.3 is 0 Å². The summed E-state index contributed by atoms with van der Waals surface area (Å²) in [6.45, 7) is 2.48. The van der Waals surface area contributed by atoms with E-state index in [1.165, 1.54) is 71.5 Å². The molecular weight excluding hydrogens is 288 g/mol. The van der Waals surface area contributed by atoms with Gasteiger partial charge in [-0.1, -0.05) is 19.8 Å². The minimum Gasteiger partial charge on any atom is -0.0654 e. The van der Waals surface area contributed by atoms with Crippen molar-refractivity contribution in [3.8, 4) is 0 Å². The molecule has 0 N–H and O–H groups in total. The van der Waals surface area contributed by atoms with E-state index in [1.807, 2.05) is 0 Å². The molecule has 11 aliphatic rings. The van der Waals surface area contributed by atoms with Crippen LogP contribution in [0.4, 0.5) is 0 Å². The lowest BCUT2D eigenvalue weighted by molar-refractivity contribution is -0.419. The zero-order valence-corrected chi connectivity index (χ0v) is 15.4. The Morgan fingerprint density at radius 1 is 0.708 bits per heavy atom. The van der Waals surface area contributed by atoms with E-state index >= 15 is 0 Å². The van der Waals surface area contributed by atoms with Crippen LogP contribution in [-0.4, -0.2) is 0 Å². The lowest BCUT2D eigenvalue weighted by atomic mass is 9.15. The van der Waals surface area contributed by atoms with E-state index in [0.29, 0.717) is 0 Å². The Balaban J connectivity index is 1.43. The van der Waals surface area contributed by atoms with Gasteiger partial charge in [0.05, 0.1) is 0 Å². The van der Waals surface area contributed by atoms with Crippen LogP contribution in [-0.2, 0) is 0 Å². The first-order valence-corrected chi connectivity index (χ1v) is 11.8. The van der Waals surface area contributed by atoms with Gasteiger partial charge in [0.1, 0.15) is 0 Å². The summed E-state index contributed by atoms with van der Waals surface area (Å²) in [5.74, 6) is 13.2. The molecule has 12 bridgehead atoms. The molecule has 0 aromatic heterocycles. The first-order valence-electron chi connectivity index (χ1n) is 11.8. The SMILES string of the molecule is CCCC1C2CC3CC1C14CC5CC6C7CC(CC61)C2C4(C3)C7C5. The van der Waals surface area contributed by atoms with Crippen molar-refractivity contribution in [2.45, 2.75) is 71.1 Å². The highest BCUT2D eigenvalue weighted by atomic mass is 14.9. The van der Waals surface area contributed by atoms with Crippen molar-refractivity contribution in [3.63, 3.8) is 0 Å². The number of rotatable bonds is 2. The first kappa shape index (κ1) is 13.2. The average Bonchev–Trinajstić information content (AvgIpc) is 2.60. The Kier molecular flexibility index (Phi) is 2.03. The standard InChI is InChI=1S/C24H34/c1-2-3-15-18-5-13-6-19(15)23-10-12-4-16-17-8-14(9-21(16)23)22(18)24(23,11-13)20(17)7-12/h12-22H,2-11H2,1H3. The third kappa shape index (κ3) is 1.01. The van der Waals surface area contributed by atoms with Gasteiger partial charge in [-0.3, -0.25) is 0 Å². The van der Waals surface area contributed by atoms with Gasteiger partial charge in [-0.05, 0) is 127 Å². The Bertz CT molecular complexity index is 636. The van der Waals surface area contributed by atoms with E-state index in [-0.39, 0.29) is 0 Å². The van der Waals surface area contributed by atoms with Gasteiger partial charge in [-0.2, -0.15) is 0 Å². The summed E-state index contributed by atoms with van der Waals surface area (Å²) in [6.07, 6.45) is 16.7. The Hall–Kier alpha value is 0. The van der Waals surface area contributed by atoms with Crippen LogP contribution in [0.2, 0.25) is 0 Å². The highest BCUT2D eigenvalue weighted by molar-refractivity contribution is 5.33. The summed E-state index contributed by atoms with van der Waals surface area (Å²) >= 11 is 0. The van der Waals surface area contributed by atoms with Crippen molar-refractivity contribution in [3.05, 3.63) is 0 Å². The molecule has 13 unspecified atom stereocenters. The molecule has 0 amide bonds. The minimum absolute atomic E-state index is 0.898. The summed E-state index contributed by atoms with van der Waals surface area (Å²) in [6, 6.07) is 0. The molecule has 11 aliphatic carbocycles. The second-order valence-corrected chi connectivity index (χ2v) is 12.2. The predicted octanol–water partition coefficient (Wildman–Crippen LogP) is 5.77. The Morgan fingerprint density at radius 3 is 2.29 bits per heavy atom. The van der Waals surface area contributed by atoms with E-state index in [0.717, 1.165) is 10.8 Å². The average molecular weight is 323 g/mol. The fourth-order valence-corrected chi connectivity index (χ4v) is 13.2. The van der Waals surface area contributed by atoms with Crippen LogP contribution < -0.4 is 0 Å². The maximum Gasteiger partial charge on any atom is -0.0168 e. The highest BCUT2D eigenvalue weighted by Gasteiger charge is 2.85. The quantitative estimate of drug-likeness (QED) is 0.605. The van der Waals surface area contributed by atoms with E-state index in [2.05, 4.69) is 6.92 Å². The van der Waals surface area contributed by atoms with E-state index in [9.17, 15) is 0 Å². The summed E-state index contributed by atoms with van der Waals surface area (Å²) < 4.78 is 0. The molecule has 11 fully saturated rings. The second-order valence-electron chi connectivity index (χ2n) is 12.2. The normalized spacial score (nSPS) is 74.6. The third-order valence-corrected chi connectivity index (χ3v) is 12.5. The van der Waals surface area contributed by atoms with Crippen molar-refractivity contribution in [2.24, 2.45) is 75.9 Å². The van der Waals surface area contributed by atoms with Crippen LogP contribution >= 0.6 is 0 Å². The molecule has 13 atom stereocenters. The molecule has 0 heteroatoms. The van der Waals surface area contributed by atoms with Crippen LogP contribution in [0.5, 0.6) is 0 Å². The molecular formula is C24H34. The van der Waals surface area contributed by atoms with Gasteiger partial charge in [-0.15, -0.1) is 0 Å². The van der Waals surface area contributed by atoms with Crippen molar-refractivity contribution in [2.75, 3.05) is 0 Å². The summed E-state index contributed by atoms with van der Waals surface area (Å²) in [5, 5.41) is 0. The second kappa shape index (κ2) is 3.68. The first-order chi connectivity index (χ1) is 11.8.